The summed E-state index contributed by atoms with van der Waals surface area (Å²) in [6, 6.07) is 16.5. The first-order valence-corrected chi connectivity index (χ1v) is 11.1. The fourth-order valence-corrected chi connectivity index (χ4v) is 4.40. The van der Waals surface area contributed by atoms with Gasteiger partial charge in [-0.3, -0.25) is 4.31 Å². The Hall–Kier alpha value is -2.83. The summed E-state index contributed by atoms with van der Waals surface area (Å²) in [7, 11) is -2.44. The minimum atomic E-state index is -3.89. The average molecular weight is 444 g/mol. The third kappa shape index (κ3) is 4.20. The number of benzene rings is 3. The Labute approximate surface area is 181 Å². The van der Waals surface area contributed by atoms with Crippen molar-refractivity contribution < 1.29 is 17.9 Å². The highest BCUT2D eigenvalue weighted by atomic mass is 35.5. The largest absolute Gasteiger partial charge is 0.422 e. The molecule has 5 nitrogen and oxygen atoms in total. The van der Waals surface area contributed by atoms with E-state index in [1.54, 1.807) is 30.3 Å². The molecular weight excluding hydrogens is 422 g/mol. The molecule has 3 rings (SSSR count). The molecule has 0 atom stereocenters. The summed E-state index contributed by atoms with van der Waals surface area (Å²) in [6.07, 6.45) is 0. The zero-order chi connectivity index (χ0) is 22.1. The predicted octanol–water partition coefficient (Wildman–Crippen LogP) is 5.31. The van der Waals surface area contributed by atoms with E-state index in [9.17, 15) is 13.2 Å². The molecule has 0 aliphatic carbocycles. The molecule has 0 aromatic heterocycles. The van der Waals surface area contributed by atoms with Crippen molar-refractivity contribution in [3.63, 3.8) is 0 Å². The second kappa shape index (κ2) is 8.50. The molecule has 7 heteroatoms. The Morgan fingerprint density at radius 1 is 0.933 bits per heavy atom. The van der Waals surface area contributed by atoms with Crippen molar-refractivity contribution in [2.24, 2.45) is 0 Å². The molecule has 0 spiro atoms. The summed E-state index contributed by atoms with van der Waals surface area (Å²) in [6.45, 7) is 5.63. The van der Waals surface area contributed by atoms with Gasteiger partial charge in [-0.15, -0.1) is 0 Å². The highest BCUT2D eigenvalue weighted by Gasteiger charge is 2.25. The lowest BCUT2D eigenvalue weighted by Gasteiger charge is -2.20. The number of aryl methyl sites for hydroxylation is 2. The molecule has 30 heavy (non-hydrogen) atoms. The molecule has 0 bridgehead atoms. The fourth-order valence-electron chi connectivity index (χ4n) is 2.99. The molecule has 0 aliphatic rings. The van der Waals surface area contributed by atoms with E-state index in [4.69, 9.17) is 16.3 Å². The SMILES string of the molecule is Cc1ccc(C)c(OC(=O)c2cc(S(=O)(=O)N(C)c3ccccc3)ccc2Cl)c1C. The predicted molar refractivity (Wildman–Crippen MR) is 119 cm³/mol. The van der Waals surface area contributed by atoms with Crippen LogP contribution in [0.3, 0.4) is 0 Å². The van der Waals surface area contributed by atoms with E-state index in [0.717, 1.165) is 21.0 Å². The Bertz CT molecular complexity index is 1210. The first-order valence-electron chi connectivity index (χ1n) is 9.25. The molecule has 0 heterocycles. The van der Waals surface area contributed by atoms with E-state index >= 15 is 0 Å². The van der Waals surface area contributed by atoms with Gasteiger partial charge in [-0.05, 0) is 67.8 Å². The number of carbonyl (C=O) groups is 1. The quantitative estimate of drug-likeness (QED) is 0.396. The standard InChI is InChI=1S/C23H22ClNO4S/c1-15-10-11-16(2)22(17(15)3)29-23(26)20-14-19(12-13-21(20)24)30(27,28)25(4)18-8-6-5-7-9-18/h5-14H,1-4H3. The summed E-state index contributed by atoms with van der Waals surface area (Å²) in [5.74, 6) is -0.262. The minimum Gasteiger partial charge on any atom is -0.422 e. The van der Waals surface area contributed by atoms with Crippen molar-refractivity contribution in [3.05, 3.63) is 87.9 Å². The summed E-state index contributed by atoms with van der Waals surface area (Å²) < 4.78 is 32.9. The van der Waals surface area contributed by atoms with Crippen molar-refractivity contribution >= 4 is 33.3 Å². The maximum Gasteiger partial charge on any atom is 0.345 e. The second-order valence-electron chi connectivity index (χ2n) is 6.99. The number of carbonyl (C=O) groups excluding carboxylic acids is 1. The number of sulfonamides is 1. The Morgan fingerprint density at radius 3 is 2.23 bits per heavy atom. The summed E-state index contributed by atoms with van der Waals surface area (Å²) in [4.78, 5) is 12.8. The van der Waals surface area contributed by atoms with E-state index in [0.29, 0.717) is 11.4 Å². The van der Waals surface area contributed by atoms with E-state index in [1.807, 2.05) is 32.9 Å². The van der Waals surface area contributed by atoms with Crippen LogP contribution in [0.2, 0.25) is 5.02 Å². The number of rotatable bonds is 5. The molecule has 156 valence electrons. The normalized spacial score (nSPS) is 11.2. The number of ether oxygens (including phenoxy) is 1. The van der Waals surface area contributed by atoms with Gasteiger partial charge < -0.3 is 4.74 Å². The molecule has 0 amide bonds. The number of halogens is 1. The summed E-state index contributed by atoms with van der Waals surface area (Å²) in [5.41, 5.74) is 3.11. The van der Waals surface area contributed by atoms with Crippen LogP contribution in [0.5, 0.6) is 5.75 Å². The number of hydrogen-bond acceptors (Lipinski definition) is 4. The molecule has 0 N–H and O–H groups in total. The van der Waals surface area contributed by atoms with Gasteiger partial charge in [0, 0.05) is 7.05 Å². The maximum absolute atomic E-state index is 13.1. The first kappa shape index (κ1) is 21.9. The number of hydrogen-bond donors (Lipinski definition) is 0. The van der Waals surface area contributed by atoms with E-state index in [-0.39, 0.29) is 15.5 Å². The molecule has 0 radical (unpaired) electrons. The van der Waals surface area contributed by atoms with Crippen molar-refractivity contribution in [3.8, 4) is 5.75 Å². The highest BCUT2D eigenvalue weighted by molar-refractivity contribution is 7.92. The van der Waals surface area contributed by atoms with Gasteiger partial charge in [-0.25, -0.2) is 13.2 Å². The zero-order valence-corrected chi connectivity index (χ0v) is 18.7. The van der Waals surface area contributed by atoms with Gasteiger partial charge in [0.2, 0.25) is 0 Å². The lowest BCUT2D eigenvalue weighted by molar-refractivity contribution is 0.0732. The lowest BCUT2D eigenvalue weighted by Crippen LogP contribution is -2.26. The molecular formula is C23H22ClNO4S. The molecule has 0 saturated carbocycles. The number of esters is 1. The molecule has 0 unspecified atom stereocenters. The third-order valence-corrected chi connectivity index (χ3v) is 7.12. The summed E-state index contributed by atoms with van der Waals surface area (Å²) >= 11 is 6.21. The van der Waals surface area contributed by atoms with Crippen LogP contribution in [-0.4, -0.2) is 21.4 Å². The number of nitrogens with zero attached hydrogens (tertiary/aromatic N) is 1. The second-order valence-corrected chi connectivity index (χ2v) is 9.37. The average Bonchev–Trinajstić information content (AvgIpc) is 2.74. The Morgan fingerprint density at radius 2 is 1.57 bits per heavy atom. The van der Waals surface area contributed by atoms with Gasteiger partial charge >= 0.3 is 5.97 Å². The van der Waals surface area contributed by atoms with Crippen molar-refractivity contribution in [1.29, 1.82) is 0 Å². The Balaban J connectivity index is 1.98. The van der Waals surface area contributed by atoms with Gasteiger partial charge in [-0.2, -0.15) is 0 Å². The summed E-state index contributed by atoms with van der Waals surface area (Å²) in [5, 5.41) is 0.115. The molecule has 3 aromatic carbocycles. The topological polar surface area (TPSA) is 63.7 Å². The van der Waals surface area contributed by atoms with Crippen molar-refractivity contribution in [1.82, 2.24) is 0 Å². The van der Waals surface area contributed by atoms with E-state index < -0.39 is 16.0 Å². The number of para-hydroxylation sites is 1. The van der Waals surface area contributed by atoms with Crippen LogP contribution in [0.4, 0.5) is 5.69 Å². The van der Waals surface area contributed by atoms with E-state index in [1.165, 1.54) is 25.2 Å². The smallest absolute Gasteiger partial charge is 0.345 e. The molecule has 3 aromatic rings. The van der Waals surface area contributed by atoms with Crippen LogP contribution in [0.25, 0.3) is 0 Å². The van der Waals surface area contributed by atoms with E-state index in [2.05, 4.69) is 0 Å². The van der Waals surface area contributed by atoms with Crippen molar-refractivity contribution in [2.75, 3.05) is 11.4 Å². The van der Waals surface area contributed by atoms with Gasteiger partial charge in [-0.1, -0.05) is 41.9 Å². The zero-order valence-electron chi connectivity index (χ0n) is 17.1. The fraction of sp³-hybridized carbons (Fsp3) is 0.174. The Kier molecular flexibility index (Phi) is 6.19. The van der Waals surface area contributed by atoms with Gasteiger partial charge in [0.25, 0.3) is 10.0 Å². The van der Waals surface area contributed by atoms with Crippen LogP contribution >= 0.6 is 11.6 Å². The van der Waals surface area contributed by atoms with Crippen molar-refractivity contribution in [2.45, 2.75) is 25.7 Å². The molecule has 0 fully saturated rings. The monoisotopic (exact) mass is 443 g/mol. The number of anilines is 1. The highest BCUT2D eigenvalue weighted by Crippen LogP contribution is 2.29. The maximum atomic E-state index is 13.1. The van der Waals surface area contributed by atoms with Crippen LogP contribution < -0.4 is 9.04 Å². The van der Waals surface area contributed by atoms with Gasteiger partial charge in [0.15, 0.2) is 0 Å². The molecule has 0 saturated heterocycles. The van der Waals surface area contributed by atoms with Crippen LogP contribution in [0, 0.1) is 20.8 Å². The first-order chi connectivity index (χ1) is 14.1. The molecule has 0 aliphatic heterocycles. The third-order valence-electron chi connectivity index (χ3n) is 5.00. The minimum absolute atomic E-state index is 0.0143. The lowest BCUT2D eigenvalue weighted by atomic mass is 10.1. The van der Waals surface area contributed by atoms with Crippen LogP contribution in [0.15, 0.2) is 65.6 Å². The van der Waals surface area contributed by atoms with Gasteiger partial charge in [0.1, 0.15) is 5.75 Å². The van der Waals surface area contributed by atoms with Gasteiger partial charge in [0.05, 0.1) is 21.2 Å². The van der Waals surface area contributed by atoms with Crippen LogP contribution in [-0.2, 0) is 10.0 Å². The van der Waals surface area contributed by atoms with Crippen LogP contribution in [0.1, 0.15) is 27.0 Å².